The molecule has 0 aliphatic carbocycles. The Morgan fingerprint density at radius 1 is 1.10 bits per heavy atom. The van der Waals surface area contributed by atoms with Gasteiger partial charge in [0.1, 0.15) is 6.33 Å². The van der Waals surface area contributed by atoms with Gasteiger partial charge in [0.2, 0.25) is 0 Å². The van der Waals surface area contributed by atoms with Crippen molar-refractivity contribution in [3.05, 3.63) is 59.4 Å². The van der Waals surface area contributed by atoms with E-state index in [0.717, 1.165) is 12.1 Å². The highest BCUT2D eigenvalue weighted by Gasteiger charge is 2.33. The molecule has 0 unspecified atom stereocenters. The smallest absolute Gasteiger partial charge is 0.307 e. The molecule has 1 heterocycles. The van der Waals surface area contributed by atoms with Gasteiger partial charge >= 0.3 is 12.2 Å². The zero-order chi connectivity index (χ0) is 21.2. The van der Waals surface area contributed by atoms with Crippen molar-refractivity contribution in [2.45, 2.75) is 11.1 Å². The van der Waals surface area contributed by atoms with Crippen LogP contribution in [0, 0.1) is 0 Å². The first-order valence-electron chi connectivity index (χ1n) is 7.60. The largest absolute Gasteiger partial charge is 0.417 e. The van der Waals surface area contributed by atoms with Crippen molar-refractivity contribution >= 4 is 33.3 Å². The van der Waals surface area contributed by atoms with E-state index in [9.17, 15) is 26.4 Å². The van der Waals surface area contributed by atoms with Crippen LogP contribution in [0.15, 0.2) is 53.7 Å². The van der Waals surface area contributed by atoms with Crippen LogP contribution in [0.5, 0.6) is 0 Å². The van der Waals surface area contributed by atoms with Crippen LogP contribution in [0.3, 0.4) is 0 Å². The minimum atomic E-state index is -4.74. The predicted molar refractivity (Wildman–Crippen MR) is 94.9 cm³/mol. The predicted octanol–water partition coefficient (Wildman–Crippen LogP) is 2.84. The van der Waals surface area contributed by atoms with Crippen LogP contribution in [0.4, 0.5) is 23.7 Å². The average Bonchev–Trinajstić information content (AvgIpc) is 3.17. The number of rotatable bonds is 4. The molecule has 0 spiro atoms. The maximum atomic E-state index is 12.9. The van der Waals surface area contributed by atoms with Gasteiger partial charge in [0.25, 0.3) is 10.0 Å². The summed E-state index contributed by atoms with van der Waals surface area (Å²) in [5.41, 5.74) is -0.985. The molecule has 2 N–H and O–H groups in total. The molecule has 2 aromatic carbocycles. The van der Waals surface area contributed by atoms with Gasteiger partial charge in [0, 0.05) is 5.69 Å². The van der Waals surface area contributed by atoms with Crippen LogP contribution in [0.1, 0.15) is 5.56 Å². The third kappa shape index (κ3) is 4.81. The van der Waals surface area contributed by atoms with E-state index in [1.807, 2.05) is 5.32 Å². The van der Waals surface area contributed by atoms with Crippen molar-refractivity contribution in [2.24, 2.45) is 0 Å². The van der Waals surface area contributed by atoms with E-state index in [4.69, 9.17) is 11.6 Å². The fourth-order valence-corrected chi connectivity index (χ4v) is 3.35. The Morgan fingerprint density at radius 2 is 1.79 bits per heavy atom. The van der Waals surface area contributed by atoms with Crippen molar-refractivity contribution in [3.8, 4) is 5.69 Å². The number of aromatic nitrogens is 4. The van der Waals surface area contributed by atoms with Crippen LogP contribution in [0.25, 0.3) is 5.69 Å². The van der Waals surface area contributed by atoms with Crippen molar-refractivity contribution in [2.75, 3.05) is 5.32 Å². The minimum Gasteiger partial charge on any atom is -0.307 e. The number of anilines is 1. The summed E-state index contributed by atoms with van der Waals surface area (Å²) in [4.78, 5) is 11.7. The SMILES string of the molecule is O=C(Nc1ccc(Cl)c(C(F)(F)F)c1)NS(=O)(=O)c1ccc(-n2cnnn2)cc1. The van der Waals surface area contributed by atoms with E-state index in [0.29, 0.717) is 11.8 Å². The van der Waals surface area contributed by atoms with Crippen LogP contribution in [0.2, 0.25) is 5.02 Å². The molecule has 0 aliphatic heterocycles. The normalized spacial score (nSPS) is 11.9. The molecule has 0 fully saturated rings. The molecule has 0 atom stereocenters. The zero-order valence-corrected chi connectivity index (χ0v) is 15.6. The van der Waals surface area contributed by atoms with Gasteiger partial charge in [0.15, 0.2) is 0 Å². The lowest BCUT2D eigenvalue weighted by Crippen LogP contribution is -2.34. The topological polar surface area (TPSA) is 119 Å². The van der Waals surface area contributed by atoms with Gasteiger partial charge in [-0.2, -0.15) is 13.2 Å². The molecular weight excluding hydrogens is 437 g/mol. The van der Waals surface area contributed by atoms with Gasteiger partial charge in [-0.05, 0) is 52.9 Å². The molecule has 0 saturated heterocycles. The summed E-state index contributed by atoms with van der Waals surface area (Å²) < 4.78 is 66.2. The van der Waals surface area contributed by atoms with E-state index >= 15 is 0 Å². The lowest BCUT2D eigenvalue weighted by Gasteiger charge is -2.12. The Kier molecular flexibility index (Phi) is 5.44. The first kappa shape index (κ1) is 20.5. The summed E-state index contributed by atoms with van der Waals surface area (Å²) in [5, 5.41) is 12.0. The number of sulfonamides is 1. The summed E-state index contributed by atoms with van der Waals surface area (Å²) in [6.07, 6.45) is -3.44. The Hall–Kier alpha value is -3.19. The number of alkyl halides is 3. The third-order valence-corrected chi connectivity index (χ3v) is 5.19. The second kappa shape index (κ2) is 7.67. The molecule has 9 nitrogen and oxygen atoms in total. The third-order valence-electron chi connectivity index (χ3n) is 3.52. The molecular formula is C15H10ClF3N6O3S. The standard InChI is InChI=1S/C15H10ClF3N6O3S/c16-13-6-1-9(7-12(13)15(17,18)19)21-14(26)22-29(27,28)11-4-2-10(3-5-11)25-8-20-23-24-25/h1-8H,(H2,21,22,26). The van der Waals surface area contributed by atoms with Crippen molar-refractivity contribution in [1.82, 2.24) is 24.9 Å². The van der Waals surface area contributed by atoms with Gasteiger partial charge in [0.05, 0.1) is 21.2 Å². The number of benzene rings is 2. The van der Waals surface area contributed by atoms with Crippen LogP contribution >= 0.6 is 11.6 Å². The average molecular weight is 447 g/mol. The van der Waals surface area contributed by atoms with Crippen molar-refractivity contribution < 1.29 is 26.4 Å². The van der Waals surface area contributed by atoms with E-state index in [-0.39, 0.29) is 10.6 Å². The summed E-state index contributed by atoms with van der Waals surface area (Å²) in [7, 11) is -4.28. The molecule has 3 aromatic rings. The number of nitrogens with one attached hydrogen (secondary N) is 2. The van der Waals surface area contributed by atoms with Gasteiger partial charge in [-0.25, -0.2) is 22.6 Å². The number of carbonyl (C=O) groups excluding carboxylic acids is 1. The maximum Gasteiger partial charge on any atom is 0.417 e. The first-order valence-corrected chi connectivity index (χ1v) is 9.46. The number of hydrogen-bond donors (Lipinski definition) is 2. The van der Waals surface area contributed by atoms with E-state index < -0.39 is 32.8 Å². The van der Waals surface area contributed by atoms with Gasteiger partial charge in [-0.3, -0.25) is 0 Å². The van der Waals surface area contributed by atoms with Crippen LogP contribution in [-0.4, -0.2) is 34.7 Å². The Labute approximate surface area is 166 Å². The molecule has 2 amide bonds. The first-order chi connectivity index (χ1) is 13.6. The number of hydrogen-bond acceptors (Lipinski definition) is 6. The highest BCUT2D eigenvalue weighted by molar-refractivity contribution is 7.90. The molecule has 0 aliphatic rings. The number of tetrazole rings is 1. The fourth-order valence-electron chi connectivity index (χ4n) is 2.22. The van der Waals surface area contributed by atoms with Crippen LogP contribution < -0.4 is 10.0 Å². The Balaban J connectivity index is 1.73. The van der Waals surface area contributed by atoms with Gasteiger partial charge < -0.3 is 5.32 Å². The Morgan fingerprint density at radius 3 is 2.38 bits per heavy atom. The lowest BCUT2D eigenvalue weighted by atomic mass is 10.2. The van der Waals surface area contributed by atoms with E-state index in [2.05, 4.69) is 15.5 Å². The molecule has 29 heavy (non-hydrogen) atoms. The molecule has 3 rings (SSSR count). The van der Waals surface area contributed by atoms with E-state index in [1.54, 1.807) is 4.72 Å². The summed E-state index contributed by atoms with van der Waals surface area (Å²) in [6, 6.07) is 6.60. The lowest BCUT2D eigenvalue weighted by molar-refractivity contribution is -0.137. The molecule has 152 valence electrons. The second-order valence-corrected chi connectivity index (χ2v) is 7.59. The van der Waals surface area contributed by atoms with Gasteiger partial charge in [-0.1, -0.05) is 11.6 Å². The highest BCUT2D eigenvalue weighted by Crippen LogP contribution is 2.36. The number of urea groups is 1. The van der Waals surface area contributed by atoms with Crippen molar-refractivity contribution in [3.63, 3.8) is 0 Å². The number of halogens is 4. The number of amides is 2. The molecule has 14 heteroatoms. The molecule has 0 bridgehead atoms. The van der Waals surface area contributed by atoms with Crippen molar-refractivity contribution in [1.29, 1.82) is 0 Å². The van der Waals surface area contributed by atoms with Crippen LogP contribution in [-0.2, 0) is 16.2 Å². The van der Waals surface area contributed by atoms with E-state index in [1.165, 1.54) is 35.3 Å². The monoisotopic (exact) mass is 446 g/mol. The van der Waals surface area contributed by atoms with Gasteiger partial charge in [-0.15, -0.1) is 5.10 Å². The molecule has 0 radical (unpaired) electrons. The summed E-state index contributed by atoms with van der Waals surface area (Å²) in [5.74, 6) is 0. The highest BCUT2D eigenvalue weighted by atomic mass is 35.5. The minimum absolute atomic E-state index is 0.253. The summed E-state index contributed by atoms with van der Waals surface area (Å²) in [6.45, 7) is 0. The Bertz CT molecular complexity index is 1140. The summed E-state index contributed by atoms with van der Waals surface area (Å²) >= 11 is 5.50. The number of carbonyl (C=O) groups is 1. The second-order valence-electron chi connectivity index (χ2n) is 5.50. The number of nitrogens with zero attached hydrogens (tertiary/aromatic N) is 4. The molecule has 0 saturated carbocycles. The quantitative estimate of drug-likeness (QED) is 0.636. The maximum absolute atomic E-state index is 12.9. The fraction of sp³-hybridized carbons (Fsp3) is 0.0667. The molecule has 1 aromatic heterocycles. The zero-order valence-electron chi connectivity index (χ0n) is 14.1.